The maximum Gasteiger partial charge on any atom is 0.254 e. The molecule has 0 radical (unpaired) electrons. The standard InChI is InChI=1S/C23H23ClFN3O4S/c1-33(31,32)20-11-14(6-7-26-20)23(30)28-18-9-15(18)10-19(28)22(29)27-21(12-2-3-12)13-4-5-16(24)17(25)8-13/h4-8,11-12,15,18-19,21H,2-3,9-10H2,1H3,(H,27,29)/t15-,18-,19-,21-/m1/s1. The van der Waals surface area contributed by atoms with Crippen LogP contribution in [0.2, 0.25) is 5.02 Å². The zero-order chi connectivity index (χ0) is 23.5. The third kappa shape index (κ3) is 4.36. The van der Waals surface area contributed by atoms with Gasteiger partial charge in [0, 0.05) is 24.1 Å². The molecule has 7 nitrogen and oxygen atoms in total. The van der Waals surface area contributed by atoms with Crippen molar-refractivity contribution in [3.8, 4) is 0 Å². The largest absolute Gasteiger partial charge is 0.347 e. The number of aromatic nitrogens is 1. The first-order valence-electron chi connectivity index (χ1n) is 10.9. The molecular formula is C23H23ClFN3O4S. The molecule has 174 valence electrons. The summed E-state index contributed by atoms with van der Waals surface area (Å²) in [6.07, 6.45) is 5.56. The van der Waals surface area contributed by atoms with Crippen molar-refractivity contribution in [2.75, 3.05) is 6.26 Å². The molecule has 1 saturated heterocycles. The Hall–Kier alpha value is -2.52. The van der Waals surface area contributed by atoms with Crippen LogP contribution in [0.3, 0.4) is 0 Å². The Kier molecular flexibility index (Phi) is 5.44. The third-order valence-electron chi connectivity index (χ3n) is 6.70. The SMILES string of the molecule is CS(=O)(=O)c1cc(C(=O)N2[C@@H](C(=O)N[C@@H](c3ccc(Cl)c(F)c3)C3CC3)C[C@H]3C[C@H]32)ccn1. The summed E-state index contributed by atoms with van der Waals surface area (Å²) in [6, 6.07) is 6.23. The monoisotopic (exact) mass is 491 g/mol. The van der Waals surface area contributed by atoms with Gasteiger partial charge in [0.1, 0.15) is 11.9 Å². The second-order valence-electron chi connectivity index (χ2n) is 9.18. The van der Waals surface area contributed by atoms with Crippen LogP contribution in [0.1, 0.15) is 47.6 Å². The topological polar surface area (TPSA) is 96.4 Å². The van der Waals surface area contributed by atoms with Crippen LogP contribution in [-0.4, -0.2) is 48.5 Å². The van der Waals surface area contributed by atoms with Crippen LogP contribution >= 0.6 is 11.6 Å². The van der Waals surface area contributed by atoms with Crippen LogP contribution in [0.25, 0.3) is 0 Å². The summed E-state index contributed by atoms with van der Waals surface area (Å²) in [5.41, 5.74) is 0.843. The summed E-state index contributed by atoms with van der Waals surface area (Å²) < 4.78 is 37.8. The van der Waals surface area contributed by atoms with Crippen molar-refractivity contribution in [3.05, 3.63) is 58.5 Å². The number of pyridine rings is 1. The summed E-state index contributed by atoms with van der Waals surface area (Å²) >= 11 is 5.81. The van der Waals surface area contributed by atoms with Gasteiger partial charge in [-0.25, -0.2) is 17.8 Å². The van der Waals surface area contributed by atoms with Crippen molar-refractivity contribution in [2.45, 2.75) is 48.8 Å². The molecule has 10 heteroatoms. The third-order valence-corrected chi connectivity index (χ3v) is 7.99. The average molecular weight is 492 g/mol. The number of carbonyl (C=O) groups is 2. The van der Waals surface area contributed by atoms with Crippen LogP contribution < -0.4 is 5.32 Å². The van der Waals surface area contributed by atoms with E-state index in [1.807, 2.05) is 0 Å². The zero-order valence-electron chi connectivity index (χ0n) is 17.9. The van der Waals surface area contributed by atoms with Gasteiger partial charge in [-0.2, -0.15) is 0 Å². The molecule has 2 aromatic rings. The van der Waals surface area contributed by atoms with Crippen molar-refractivity contribution >= 4 is 33.3 Å². The highest BCUT2D eigenvalue weighted by atomic mass is 35.5. The average Bonchev–Trinajstić information content (AvgIpc) is 3.71. The van der Waals surface area contributed by atoms with Crippen LogP contribution in [0.15, 0.2) is 41.6 Å². The molecule has 1 N–H and O–H groups in total. The van der Waals surface area contributed by atoms with Crippen molar-refractivity contribution in [2.24, 2.45) is 11.8 Å². The molecular weight excluding hydrogens is 469 g/mol. The first kappa shape index (κ1) is 22.3. The smallest absolute Gasteiger partial charge is 0.254 e. The van der Waals surface area contributed by atoms with E-state index in [-0.39, 0.29) is 51.3 Å². The summed E-state index contributed by atoms with van der Waals surface area (Å²) in [5, 5.41) is 2.89. The molecule has 3 aliphatic rings. The van der Waals surface area contributed by atoms with Gasteiger partial charge in [-0.3, -0.25) is 9.59 Å². The number of rotatable bonds is 6. The first-order valence-corrected chi connectivity index (χ1v) is 13.1. The van der Waals surface area contributed by atoms with Gasteiger partial charge in [-0.1, -0.05) is 17.7 Å². The van der Waals surface area contributed by atoms with Crippen LogP contribution in [0.4, 0.5) is 4.39 Å². The summed E-state index contributed by atoms with van der Waals surface area (Å²) in [6.45, 7) is 0. The highest BCUT2D eigenvalue weighted by Gasteiger charge is 2.56. The highest BCUT2D eigenvalue weighted by molar-refractivity contribution is 7.90. The number of nitrogens with zero attached hydrogens (tertiary/aromatic N) is 2. The second-order valence-corrected chi connectivity index (χ2v) is 11.5. The van der Waals surface area contributed by atoms with E-state index < -0.39 is 21.7 Å². The number of carbonyl (C=O) groups excluding carboxylic acids is 2. The molecule has 2 saturated carbocycles. The van der Waals surface area contributed by atoms with Crippen molar-refractivity contribution < 1.29 is 22.4 Å². The van der Waals surface area contributed by atoms with Crippen molar-refractivity contribution in [1.29, 1.82) is 0 Å². The Morgan fingerprint density at radius 1 is 1.21 bits per heavy atom. The first-order chi connectivity index (χ1) is 15.6. The lowest BCUT2D eigenvalue weighted by Crippen LogP contribution is -2.49. The van der Waals surface area contributed by atoms with Gasteiger partial charge in [0.25, 0.3) is 5.91 Å². The number of halogens is 2. The molecule has 2 aliphatic carbocycles. The number of benzene rings is 1. The van der Waals surface area contributed by atoms with E-state index in [0.29, 0.717) is 12.0 Å². The van der Waals surface area contributed by atoms with E-state index in [9.17, 15) is 22.4 Å². The number of nitrogens with one attached hydrogen (secondary N) is 1. The van der Waals surface area contributed by atoms with E-state index in [1.54, 1.807) is 11.0 Å². The summed E-state index contributed by atoms with van der Waals surface area (Å²) in [4.78, 5) is 32.1. The van der Waals surface area contributed by atoms with Crippen LogP contribution in [0, 0.1) is 17.7 Å². The van der Waals surface area contributed by atoms with Gasteiger partial charge in [0.2, 0.25) is 5.91 Å². The molecule has 1 aromatic carbocycles. The number of fused-ring (bicyclic) bond motifs is 1. The van der Waals surface area contributed by atoms with Crippen molar-refractivity contribution in [1.82, 2.24) is 15.2 Å². The molecule has 5 rings (SSSR count). The van der Waals surface area contributed by atoms with Gasteiger partial charge >= 0.3 is 0 Å². The Morgan fingerprint density at radius 3 is 2.64 bits per heavy atom. The number of likely N-dealkylation sites (tertiary alicyclic amines) is 1. The minimum atomic E-state index is -3.57. The van der Waals surface area contributed by atoms with E-state index in [4.69, 9.17) is 11.6 Å². The van der Waals surface area contributed by atoms with Gasteiger partial charge in [0.15, 0.2) is 14.9 Å². The Morgan fingerprint density at radius 2 is 1.97 bits per heavy atom. The molecule has 2 amide bonds. The second kappa shape index (κ2) is 8.06. The minimum Gasteiger partial charge on any atom is -0.347 e. The normalized spacial score (nSPS) is 24.8. The lowest BCUT2D eigenvalue weighted by atomic mass is 10.0. The summed E-state index contributed by atoms with van der Waals surface area (Å²) in [7, 11) is -3.57. The molecule has 0 unspecified atom stereocenters. The number of sulfone groups is 1. The Bertz CT molecular complexity index is 1250. The maximum absolute atomic E-state index is 14.0. The van der Waals surface area contributed by atoms with Crippen LogP contribution in [0.5, 0.6) is 0 Å². The van der Waals surface area contributed by atoms with Gasteiger partial charge in [0.05, 0.1) is 11.1 Å². The lowest BCUT2D eigenvalue weighted by molar-refractivity contribution is -0.126. The zero-order valence-corrected chi connectivity index (χ0v) is 19.4. The fourth-order valence-corrected chi connectivity index (χ4v) is 5.45. The van der Waals surface area contributed by atoms with Gasteiger partial charge < -0.3 is 10.2 Å². The van der Waals surface area contributed by atoms with Crippen molar-refractivity contribution in [3.63, 3.8) is 0 Å². The quantitative estimate of drug-likeness (QED) is 0.669. The van der Waals surface area contributed by atoms with E-state index >= 15 is 0 Å². The molecule has 0 spiro atoms. The molecule has 1 aromatic heterocycles. The lowest BCUT2D eigenvalue weighted by Gasteiger charge is -2.29. The summed E-state index contributed by atoms with van der Waals surface area (Å²) in [5.74, 6) is -0.721. The highest BCUT2D eigenvalue weighted by Crippen LogP contribution is 2.49. The van der Waals surface area contributed by atoms with Crippen LogP contribution in [-0.2, 0) is 14.6 Å². The fraction of sp³-hybridized carbons (Fsp3) is 0.435. The molecule has 1 aliphatic heterocycles. The number of hydrogen-bond donors (Lipinski definition) is 1. The Balaban J connectivity index is 1.38. The predicted molar refractivity (Wildman–Crippen MR) is 119 cm³/mol. The number of piperidine rings is 1. The van der Waals surface area contributed by atoms with E-state index in [0.717, 1.165) is 25.5 Å². The number of hydrogen-bond acceptors (Lipinski definition) is 5. The predicted octanol–water partition coefficient (Wildman–Crippen LogP) is 3.15. The molecule has 33 heavy (non-hydrogen) atoms. The molecule has 3 fully saturated rings. The molecule has 0 bridgehead atoms. The van der Waals surface area contributed by atoms with E-state index in [2.05, 4.69) is 10.3 Å². The molecule has 4 atom stereocenters. The maximum atomic E-state index is 14.0. The number of amides is 2. The fourth-order valence-electron chi connectivity index (χ4n) is 4.74. The van der Waals surface area contributed by atoms with Gasteiger partial charge in [-0.05, 0) is 67.3 Å². The van der Waals surface area contributed by atoms with E-state index in [1.165, 1.54) is 30.5 Å². The minimum absolute atomic E-state index is 0.0260. The van der Waals surface area contributed by atoms with Gasteiger partial charge in [-0.15, -0.1) is 0 Å². The molecule has 2 heterocycles. The Labute approximate surface area is 196 Å².